The summed E-state index contributed by atoms with van der Waals surface area (Å²) in [4.78, 5) is 22.0. The van der Waals surface area contributed by atoms with E-state index >= 15 is 0 Å². The van der Waals surface area contributed by atoms with E-state index in [-0.39, 0.29) is 0 Å². The van der Waals surface area contributed by atoms with Gasteiger partial charge in [0, 0.05) is 0 Å². The maximum atomic E-state index is 11.0. The minimum absolute atomic E-state index is 0.466. The molecule has 1 aromatic carbocycles. The smallest absolute Gasteiger partial charge is 0.407 e. The summed E-state index contributed by atoms with van der Waals surface area (Å²) in [5, 5.41) is 11.2. The van der Waals surface area contributed by atoms with Crippen molar-refractivity contribution in [2.75, 3.05) is 7.11 Å². The lowest BCUT2D eigenvalue weighted by atomic mass is 10.1. The van der Waals surface area contributed by atoms with E-state index in [1.165, 1.54) is 7.11 Å². The monoisotopic (exact) mass is 235 g/mol. The number of alkyl carbamates (subject to hydrolysis) is 1. The van der Waals surface area contributed by atoms with Gasteiger partial charge in [-0.1, -0.05) is 36.9 Å². The maximum absolute atomic E-state index is 11.0. The van der Waals surface area contributed by atoms with E-state index in [0.29, 0.717) is 5.56 Å². The van der Waals surface area contributed by atoms with E-state index in [9.17, 15) is 9.59 Å². The van der Waals surface area contributed by atoms with Gasteiger partial charge < -0.3 is 15.2 Å². The van der Waals surface area contributed by atoms with Gasteiger partial charge in [-0.05, 0) is 11.1 Å². The van der Waals surface area contributed by atoms with E-state index in [2.05, 4.69) is 16.6 Å². The Kier molecular flexibility index (Phi) is 4.28. The van der Waals surface area contributed by atoms with Crippen LogP contribution in [0.25, 0.3) is 6.08 Å². The van der Waals surface area contributed by atoms with Crippen molar-refractivity contribution < 1.29 is 19.4 Å². The number of methoxy groups -OCH3 is 1. The number of ether oxygens (including phenoxy) is 1. The molecule has 1 aromatic rings. The second-order valence-electron chi connectivity index (χ2n) is 3.28. The molecule has 0 saturated carbocycles. The lowest BCUT2D eigenvalue weighted by Crippen LogP contribution is -2.33. The van der Waals surface area contributed by atoms with E-state index in [1.807, 2.05) is 0 Å². The van der Waals surface area contributed by atoms with Gasteiger partial charge in [-0.2, -0.15) is 0 Å². The Labute approximate surface area is 98.7 Å². The number of nitrogens with one attached hydrogen (secondary N) is 1. The van der Waals surface area contributed by atoms with Crippen LogP contribution in [0, 0.1) is 0 Å². The van der Waals surface area contributed by atoms with Crippen molar-refractivity contribution in [1.82, 2.24) is 5.32 Å². The highest BCUT2D eigenvalue weighted by molar-refractivity contribution is 5.81. The van der Waals surface area contributed by atoms with E-state index in [1.54, 1.807) is 30.3 Å². The van der Waals surface area contributed by atoms with Gasteiger partial charge in [-0.25, -0.2) is 9.59 Å². The lowest BCUT2D eigenvalue weighted by Gasteiger charge is -2.13. The average molecular weight is 235 g/mol. The molecule has 0 fully saturated rings. The summed E-state index contributed by atoms with van der Waals surface area (Å²) in [5.74, 6) is -1.15. The first-order chi connectivity index (χ1) is 8.08. The Hall–Kier alpha value is -2.30. The molecule has 1 amide bonds. The summed E-state index contributed by atoms with van der Waals surface area (Å²) in [6.45, 7) is 3.60. The number of hydrogen-bond donors (Lipinski definition) is 2. The third-order valence-electron chi connectivity index (χ3n) is 2.20. The van der Waals surface area contributed by atoms with Crippen LogP contribution in [-0.2, 0) is 9.53 Å². The fourth-order valence-electron chi connectivity index (χ4n) is 1.29. The third-order valence-corrected chi connectivity index (χ3v) is 2.20. The molecule has 1 rings (SSSR count). The highest BCUT2D eigenvalue weighted by Crippen LogP contribution is 2.15. The largest absolute Gasteiger partial charge is 0.479 e. The Morgan fingerprint density at radius 1 is 1.41 bits per heavy atom. The van der Waals surface area contributed by atoms with E-state index in [0.717, 1.165) is 5.56 Å². The van der Waals surface area contributed by atoms with Crippen LogP contribution in [0.15, 0.2) is 30.8 Å². The molecule has 5 heteroatoms. The van der Waals surface area contributed by atoms with Gasteiger partial charge in [-0.3, -0.25) is 0 Å². The number of carboxylic acids is 1. The van der Waals surface area contributed by atoms with Crippen LogP contribution >= 0.6 is 0 Å². The maximum Gasteiger partial charge on any atom is 0.407 e. The molecule has 0 bridgehead atoms. The molecular formula is C12H13NO4. The molecule has 2 N–H and O–H groups in total. The molecule has 0 heterocycles. The van der Waals surface area contributed by atoms with E-state index in [4.69, 9.17) is 5.11 Å². The van der Waals surface area contributed by atoms with Gasteiger partial charge in [0.05, 0.1) is 7.11 Å². The molecule has 0 aliphatic carbocycles. The van der Waals surface area contributed by atoms with Crippen molar-refractivity contribution in [1.29, 1.82) is 0 Å². The fourth-order valence-corrected chi connectivity index (χ4v) is 1.29. The predicted octanol–water partition coefficient (Wildman–Crippen LogP) is 1.81. The summed E-state index contributed by atoms with van der Waals surface area (Å²) >= 11 is 0. The Bertz CT molecular complexity index is 425. The second-order valence-corrected chi connectivity index (χ2v) is 3.28. The SMILES string of the molecule is C=Cc1ccc(C(NC(=O)OC)C(=O)O)cc1. The van der Waals surface area contributed by atoms with Gasteiger partial charge in [0.1, 0.15) is 0 Å². The van der Waals surface area contributed by atoms with Crippen molar-refractivity contribution in [3.8, 4) is 0 Å². The molecular weight excluding hydrogens is 222 g/mol. The zero-order chi connectivity index (χ0) is 12.8. The van der Waals surface area contributed by atoms with Crippen molar-refractivity contribution in [2.45, 2.75) is 6.04 Å². The molecule has 0 spiro atoms. The van der Waals surface area contributed by atoms with Gasteiger partial charge in [0.15, 0.2) is 6.04 Å². The number of carboxylic acid groups (broad SMARTS) is 1. The van der Waals surface area contributed by atoms with Gasteiger partial charge in [0.25, 0.3) is 0 Å². The van der Waals surface area contributed by atoms with Gasteiger partial charge >= 0.3 is 12.1 Å². The van der Waals surface area contributed by atoms with Crippen LogP contribution in [0.3, 0.4) is 0 Å². The Morgan fingerprint density at radius 2 is 2.00 bits per heavy atom. The Morgan fingerprint density at radius 3 is 2.41 bits per heavy atom. The number of benzene rings is 1. The zero-order valence-electron chi connectivity index (χ0n) is 9.34. The minimum Gasteiger partial charge on any atom is -0.479 e. The van der Waals surface area contributed by atoms with Crippen molar-refractivity contribution >= 4 is 18.1 Å². The molecule has 1 atom stereocenters. The molecule has 90 valence electrons. The fraction of sp³-hybridized carbons (Fsp3) is 0.167. The molecule has 0 saturated heterocycles. The predicted molar refractivity (Wildman–Crippen MR) is 62.5 cm³/mol. The second kappa shape index (κ2) is 5.69. The van der Waals surface area contributed by atoms with Crippen molar-refractivity contribution in [3.63, 3.8) is 0 Å². The average Bonchev–Trinajstić information content (AvgIpc) is 2.35. The van der Waals surface area contributed by atoms with Crippen LogP contribution in [0.5, 0.6) is 0 Å². The van der Waals surface area contributed by atoms with Crippen molar-refractivity contribution in [3.05, 3.63) is 42.0 Å². The summed E-state index contributed by atoms with van der Waals surface area (Å²) in [6, 6.07) is 5.55. The summed E-state index contributed by atoms with van der Waals surface area (Å²) in [5.41, 5.74) is 1.34. The zero-order valence-corrected chi connectivity index (χ0v) is 9.34. The lowest BCUT2D eigenvalue weighted by molar-refractivity contribution is -0.139. The number of amides is 1. The first-order valence-electron chi connectivity index (χ1n) is 4.88. The number of carbonyl (C=O) groups excluding carboxylic acids is 1. The molecule has 0 aliphatic heterocycles. The molecule has 17 heavy (non-hydrogen) atoms. The number of hydrogen-bond acceptors (Lipinski definition) is 3. The molecule has 0 aliphatic rings. The molecule has 1 unspecified atom stereocenters. The van der Waals surface area contributed by atoms with Crippen LogP contribution < -0.4 is 5.32 Å². The van der Waals surface area contributed by atoms with Crippen LogP contribution in [0.4, 0.5) is 4.79 Å². The van der Waals surface area contributed by atoms with Crippen LogP contribution in [0.2, 0.25) is 0 Å². The molecule has 0 aromatic heterocycles. The summed E-state index contributed by atoms with van der Waals surface area (Å²) in [7, 11) is 1.18. The van der Waals surface area contributed by atoms with Gasteiger partial charge in [-0.15, -0.1) is 0 Å². The molecule has 5 nitrogen and oxygen atoms in total. The van der Waals surface area contributed by atoms with Crippen LogP contribution in [0.1, 0.15) is 17.2 Å². The quantitative estimate of drug-likeness (QED) is 0.834. The highest BCUT2D eigenvalue weighted by atomic mass is 16.5. The van der Waals surface area contributed by atoms with Gasteiger partial charge in [0.2, 0.25) is 0 Å². The van der Waals surface area contributed by atoms with Crippen LogP contribution in [-0.4, -0.2) is 24.3 Å². The summed E-state index contributed by atoms with van der Waals surface area (Å²) in [6.07, 6.45) is 0.859. The highest BCUT2D eigenvalue weighted by Gasteiger charge is 2.21. The molecule has 0 radical (unpaired) electrons. The normalized spacial score (nSPS) is 11.4. The Balaban J connectivity index is 2.93. The topological polar surface area (TPSA) is 75.6 Å². The number of carbonyl (C=O) groups is 2. The third kappa shape index (κ3) is 3.34. The minimum atomic E-state index is -1.15. The first-order valence-corrected chi connectivity index (χ1v) is 4.88. The van der Waals surface area contributed by atoms with E-state index < -0.39 is 18.1 Å². The summed E-state index contributed by atoms with van der Waals surface area (Å²) < 4.78 is 4.37. The standard InChI is InChI=1S/C12H13NO4/c1-3-8-4-6-9(7-5-8)10(11(14)15)13-12(16)17-2/h3-7,10H,1H2,2H3,(H,13,16)(H,14,15). The number of rotatable bonds is 4. The first kappa shape index (κ1) is 12.8. The number of aliphatic carboxylic acids is 1. The van der Waals surface area contributed by atoms with Crippen molar-refractivity contribution in [2.24, 2.45) is 0 Å².